The van der Waals surface area contributed by atoms with Crippen molar-refractivity contribution in [2.75, 3.05) is 19.0 Å². The minimum Gasteiger partial charge on any atom is -0.463 e. The Morgan fingerprint density at radius 1 is 1.28 bits per heavy atom. The Morgan fingerprint density at radius 2 is 2.00 bits per heavy atom. The first kappa shape index (κ1) is 14.2. The van der Waals surface area contributed by atoms with Gasteiger partial charge in [0.25, 0.3) is 0 Å². The molecule has 0 spiro atoms. The smallest absolute Gasteiger partial charge is 0.324 e. The second-order valence-corrected chi connectivity index (χ2v) is 3.92. The molecule has 0 unspecified atom stereocenters. The van der Waals surface area contributed by atoms with Crippen molar-refractivity contribution in [1.82, 2.24) is 15.0 Å². The number of allylic oxidation sites excluding steroid dienone is 1. The first-order valence-electron chi connectivity index (χ1n) is 6.00. The predicted molar refractivity (Wildman–Crippen MR) is 70.1 cm³/mol. The number of hydrogen-bond donors (Lipinski definition) is 1. The molecule has 100 valence electrons. The fourth-order valence-corrected chi connectivity index (χ4v) is 1.17. The molecule has 0 atom stereocenters. The van der Waals surface area contributed by atoms with Crippen LogP contribution >= 0.6 is 0 Å². The van der Waals surface area contributed by atoms with Gasteiger partial charge in [0.05, 0.1) is 12.7 Å². The Morgan fingerprint density at radius 3 is 2.61 bits per heavy atom. The number of hydrogen-bond acceptors (Lipinski definition) is 6. The second-order valence-electron chi connectivity index (χ2n) is 3.92. The lowest BCUT2D eigenvalue weighted by molar-refractivity contribution is 0.213. The van der Waals surface area contributed by atoms with Crippen molar-refractivity contribution in [3.05, 3.63) is 12.7 Å². The topological polar surface area (TPSA) is 69.2 Å². The van der Waals surface area contributed by atoms with Gasteiger partial charge in [0.2, 0.25) is 5.95 Å². The third kappa shape index (κ3) is 4.99. The average molecular weight is 252 g/mol. The van der Waals surface area contributed by atoms with Gasteiger partial charge in [-0.1, -0.05) is 6.08 Å². The molecular weight excluding hydrogens is 232 g/mol. The maximum atomic E-state index is 5.44. The molecule has 1 N–H and O–H groups in total. The van der Waals surface area contributed by atoms with E-state index in [2.05, 4.69) is 26.8 Å². The largest absolute Gasteiger partial charge is 0.463 e. The summed E-state index contributed by atoms with van der Waals surface area (Å²) >= 11 is 0. The van der Waals surface area contributed by atoms with Crippen LogP contribution in [-0.4, -0.2) is 34.7 Å². The van der Waals surface area contributed by atoms with Crippen molar-refractivity contribution in [1.29, 1.82) is 0 Å². The van der Waals surface area contributed by atoms with Crippen LogP contribution in [0, 0.1) is 0 Å². The summed E-state index contributed by atoms with van der Waals surface area (Å²) in [6.07, 6.45) is 3.64. The minimum absolute atomic E-state index is 0.00530. The third-order valence-corrected chi connectivity index (χ3v) is 1.94. The van der Waals surface area contributed by atoms with Crippen LogP contribution in [0.1, 0.15) is 26.7 Å². The molecule has 18 heavy (non-hydrogen) atoms. The van der Waals surface area contributed by atoms with Crippen LogP contribution in [0.4, 0.5) is 5.95 Å². The molecule has 0 amide bonds. The number of nitrogens with one attached hydrogen (secondary N) is 1. The molecule has 0 fully saturated rings. The van der Waals surface area contributed by atoms with E-state index in [0.29, 0.717) is 12.6 Å². The average Bonchev–Trinajstić information content (AvgIpc) is 2.33. The number of ether oxygens (including phenoxy) is 2. The molecule has 0 saturated carbocycles. The highest BCUT2D eigenvalue weighted by Gasteiger charge is 2.08. The number of anilines is 1. The molecule has 0 aromatic carbocycles. The summed E-state index contributed by atoms with van der Waals surface area (Å²) < 4.78 is 10.9. The summed E-state index contributed by atoms with van der Waals surface area (Å²) in [5, 5.41) is 2.84. The van der Waals surface area contributed by atoms with E-state index in [9.17, 15) is 0 Å². The maximum absolute atomic E-state index is 5.44. The predicted octanol–water partition coefficient (Wildman–Crippen LogP) is 2.05. The Labute approximate surface area is 107 Å². The maximum Gasteiger partial charge on any atom is 0.324 e. The Hall–Kier alpha value is -1.85. The van der Waals surface area contributed by atoms with Crippen molar-refractivity contribution in [2.24, 2.45) is 0 Å². The quantitative estimate of drug-likeness (QED) is 0.564. The Kier molecular flexibility index (Phi) is 5.90. The molecule has 0 radical (unpaired) electrons. The molecule has 6 heteroatoms. The standard InChI is InChI=1S/C12H20N4O2/c1-5-6-7-8-17-11-14-10(13-4)15-12(16-11)18-9(2)3/h5,9H,1,6-8H2,2-4H3,(H,13,14,15,16). The van der Waals surface area contributed by atoms with Gasteiger partial charge in [-0.25, -0.2) is 0 Å². The van der Waals surface area contributed by atoms with E-state index in [4.69, 9.17) is 9.47 Å². The van der Waals surface area contributed by atoms with Gasteiger partial charge in [-0.15, -0.1) is 11.6 Å². The first-order valence-corrected chi connectivity index (χ1v) is 6.00. The van der Waals surface area contributed by atoms with Crippen LogP contribution in [0.15, 0.2) is 12.7 Å². The van der Waals surface area contributed by atoms with Crippen LogP contribution in [0.25, 0.3) is 0 Å². The van der Waals surface area contributed by atoms with Gasteiger partial charge in [-0.3, -0.25) is 0 Å². The van der Waals surface area contributed by atoms with Crippen LogP contribution in [0.5, 0.6) is 12.0 Å². The zero-order valence-corrected chi connectivity index (χ0v) is 11.1. The van der Waals surface area contributed by atoms with Crippen LogP contribution in [0.2, 0.25) is 0 Å². The van der Waals surface area contributed by atoms with E-state index in [0.717, 1.165) is 12.8 Å². The summed E-state index contributed by atoms with van der Waals surface area (Å²) in [4.78, 5) is 12.3. The molecule has 0 bridgehead atoms. The summed E-state index contributed by atoms with van der Waals surface area (Å²) in [5.41, 5.74) is 0. The molecule has 1 rings (SSSR count). The van der Waals surface area contributed by atoms with E-state index >= 15 is 0 Å². The molecule has 1 heterocycles. The van der Waals surface area contributed by atoms with Gasteiger partial charge in [-0.2, -0.15) is 9.97 Å². The van der Waals surface area contributed by atoms with E-state index in [1.165, 1.54) is 0 Å². The van der Waals surface area contributed by atoms with E-state index in [1.54, 1.807) is 7.05 Å². The molecule has 0 aliphatic carbocycles. The van der Waals surface area contributed by atoms with Gasteiger partial charge >= 0.3 is 12.0 Å². The zero-order chi connectivity index (χ0) is 13.4. The lowest BCUT2D eigenvalue weighted by atomic mass is 10.3. The molecular formula is C12H20N4O2. The highest BCUT2D eigenvalue weighted by Crippen LogP contribution is 2.14. The first-order chi connectivity index (χ1) is 8.65. The number of unbranched alkanes of at least 4 members (excludes halogenated alkanes) is 1. The second kappa shape index (κ2) is 7.47. The van der Waals surface area contributed by atoms with Gasteiger partial charge in [0.1, 0.15) is 0 Å². The SMILES string of the molecule is C=CCCCOc1nc(NC)nc(OC(C)C)n1. The van der Waals surface area contributed by atoms with E-state index < -0.39 is 0 Å². The summed E-state index contributed by atoms with van der Waals surface area (Å²) in [6.45, 7) is 8.01. The van der Waals surface area contributed by atoms with Gasteiger partial charge < -0.3 is 14.8 Å². The highest BCUT2D eigenvalue weighted by atomic mass is 16.5. The van der Waals surface area contributed by atoms with Crippen molar-refractivity contribution in [3.8, 4) is 12.0 Å². The molecule has 1 aromatic heterocycles. The number of nitrogens with zero attached hydrogens (tertiary/aromatic N) is 3. The summed E-state index contributed by atoms with van der Waals surface area (Å²) in [7, 11) is 1.73. The van der Waals surface area contributed by atoms with Crippen molar-refractivity contribution in [3.63, 3.8) is 0 Å². The van der Waals surface area contributed by atoms with Crippen molar-refractivity contribution in [2.45, 2.75) is 32.8 Å². The van der Waals surface area contributed by atoms with Crippen LogP contribution in [-0.2, 0) is 0 Å². The van der Waals surface area contributed by atoms with E-state index in [-0.39, 0.29) is 18.1 Å². The number of aromatic nitrogens is 3. The fraction of sp³-hybridized carbons (Fsp3) is 0.583. The molecule has 0 aliphatic heterocycles. The molecule has 0 aliphatic rings. The van der Waals surface area contributed by atoms with Gasteiger partial charge in [0.15, 0.2) is 0 Å². The number of rotatable bonds is 8. The van der Waals surface area contributed by atoms with Gasteiger partial charge in [0, 0.05) is 7.05 Å². The van der Waals surface area contributed by atoms with E-state index in [1.807, 2.05) is 19.9 Å². The van der Waals surface area contributed by atoms with Crippen molar-refractivity contribution < 1.29 is 9.47 Å². The third-order valence-electron chi connectivity index (χ3n) is 1.94. The molecule has 0 saturated heterocycles. The Bertz CT molecular complexity index is 382. The molecule has 1 aromatic rings. The summed E-state index contributed by atoms with van der Waals surface area (Å²) in [6, 6.07) is 0.539. The Balaban J connectivity index is 2.67. The van der Waals surface area contributed by atoms with Gasteiger partial charge in [-0.05, 0) is 26.7 Å². The lowest BCUT2D eigenvalue weighted by Gasteiger charge is -2.10. The van der Waals surface area contributed by atoms with Crippen molar-refractivity contribution >= 4 is 5.95 Å². The fourth-order valence-electron chi connectivity index (χ4n) is 1.17. The minimum atomic E-state index is 0.00530. The van der Waals surface area contributed by atoms with Crippen LogP contribution in [0.3, 0.4) is 0 Å². The summed E-state index contributed by atoms with van der Waals surface area (Å²) in [5.74, 6) is 0.430. The normalized spacial score (nSPS) is 10.2. The zero-order valence-electron chi connectivity index (χ0n) is 11.1. The van der Waals surface area contributed by atoms with Crippen LogP contribution < -0.4 is 14.8 Å². The molecule has 6 nitrogen and oxygen atoms in total. The lowest BCUT2D eigenvalue weighted by Crippen LogP contribution is -2.12. The highest BCUT2D eigenvalue weighted by molar-refractivity contribution is 5.26. The monoisotopic (exact) mass is 252 g/mol.